The molecule has 134 valence electrons. The summed E-state index contributed by atoms with van der Waals surface area (Å²) in [6.07, 6.45) is -3.40. The number of benzene rings is 1. The number of aromatic nitrogens is 1. The van der Waals surface area contributed by atoms with E-state index >= 15 is 0 Å². The smallest absolute Gasteiger partial charge is 0.384 e. The number of rotatable bonds is 4. The predicted molar refractivity (Wildman–Crippen MR) is 94.0 cm³/mol. The van der Waals surface area contributed by atoms with E-state index in [2.05, 4.69) is 21.3 Å². The van der Waals surface area contributed by atoms with Crippen LogP contribution in [0.4, 0.5) is 24.7 Å². The third-order valence-corrected chi connectivity index (χ3v) is 4.51. The summed E-state index contributed by atoms with van der Waals surface area (Å²) in [6.45, 7) is 6.22. The Kier molecular flexibility index (Phi) is 4.88. The highest BCUT2D eigenvalue weighted by Crippen LogP contribution is 2.35. The lowest BCUT2D eigenvalue weighted by Gasteiger charge is -2.20. The molecule has 1 aliphatic rings. The van der Waals surface area contributed by atoms with Gasteiger partial charge in [0.05, 0.1) is 5.56 Å². The maximum atomic E-state index is 13.1. The van der Waals surface area contributed by atoms with Crippen molar-refractivity contribution in [3.05, 3.63) is 53.2 Å². The van der Waals surface area contributed by atoms with Crippen LogP contribution < -0.4 is 10.2 Å². The zero-order valence-electron chi connectivity index (χ0n) is 14.4. The molecule has 0 radical (unpaired) electrons. The normalized spacial score (nSPS) is 17.8. The minimum atomic E-state index is -4.34. The number of halogens is 3. The third-order valence-electron chi connectivity index (χ3n) is 4.51. The van der Waals surface area contributed by atoms with Crippen LogP contribution in [-0.4, -0.2) is 24.6 Å². The maximum absolute atomic E-state index is 13.1. The summed E-state index contributed by atoms with van der Waals surface area (Å²) >= 11 is 0. The van der Waals surface area contributed by atoms with Crippen LogP contribution in [0, 0.1) is 19.8 Å². The van der Waals surface area contributed by atoms with Gasteiger partial charge in [0.25, 0.3) is 0 Å². The fraction of sp³-hybridized carbons (Fsp3) is 0.421. The van der Waals surface area contributed by atoms with E-state index in [1.807, 2.05) is 19.9 Å². The van der Waals surface area contributed by atoms with E-state index in [9.17, 15) is 13.2 Å². The molecule has 6 heteroatoms. The molecule has 3 nitrogen and oxygen atoms in total. The maximum Gasteiger partial charge on any atom is 0.418 e. The van der Waals surface area contributed by atoms with Gasteiger partial charge >= 0.3 is 6.18 Å². The van der Waals surface area contributed by atoms with Crippen molar-refractivity contribution in [1.82, 2.24) is 4.98 Å². The van der Waals surface area contributed by atoms with Crippen LogP contribution in [0.3, 0.4) is 0 Å². The summed E-state index contributed by atoms with van der Waals surface area (Å²) in [5.41, 5.74) is 1.69. The Morgan fingerprint density at radius 2 is 1.96 bits per heavy atom. The average Bonchev–Trinajstić information content (AvgIpc) is 3.00. The van der Waals surface area contributed by atoms with E-state index in [-0.39, 0.29) is 5.69 Å². The van der Waals surface area contributed by atoms with E-state index in [0.29, 0.717) is 12.5 Å². The first kappa shape index (κ1) is 17.6. The monoisotopic (exact) mass is 349 g/mol. The lowest BCUT2D eigenvalue weighted by molar-refractivity contribution is -0.136. The lowest BCUT2D eigenvalue weighted by atomic mass is 10.1. The Bertz CT molecular complexity index is 723. The minimum absolute atomic E-state index is 0.151. The number of alkyl halides is 3. The molecule has 1 N–H and O–H groups in total. The average molecular weight is 349 g/mol. The molecule has 0 spiro atoms. The van der Waals surface area contributed by atoms with Gasteiger partial charge in [-0.25, -0.2) is 4.98 Å². The van der Waals surface area contributed by atoms with Crippen LogP contribution in [0.25, 0.3) is 0 Å². The number of anilines is 2. The van der Waals surface area contributed by atoms with Crippen molar-refractivity contribution in [2.45, 2.75) is 26.4 Å². The van der Waals surface area contributed by atoms with Gasteiger partial charge in [-0.2, -0.15) is 13.2 Å². The van der Waals surface area contributed by atoms with E-state index in [1.165, 1.54) is 17.7 Å². The van der Waals surface area contributed by atoms with Gasteiger partial charge in [0.2, 0.25) is 0 Å². The highest BCUT2D eigenvalue weighted by atomic mass is 19.4. The molecule has 2 aromatic rings. The highest BCUT2D eigenvalue weighted by Gasteiger charge is 2.33. The molecule has 1 unspecified atom stereocenters. The molecule has 1 fully saturated rings. The van der Waals surface area contributed by atoms with Gasteiger partial charge in [-0.1, -0.05) is 12.1 Å². The topological polar surface area (TPSA) is 28.2 Å². The SMILES string of the molecule is Cc1cc(C)nc(N2CCC(CNc3ccccc3C(F)(F)F)C2)c1. The summed E-state index contributed by atoms with van der Waals surface area (Å²) in [6, 6.07) is 9.73. The molecule has 0 saturated carbocycles. The molecular weight excluding hydrogens is 327 g/mol. The molecule has 25 heavy (non-hydrogen) atoms. The first-order chi connectivity index (χ1) is 11.8. The van der Waals surface area contributed by atoms with Crippen LogP contribution in [0.1, 0.15) is 23.2 Å². The van der Waals surface area contributed by atoms with Crippen molar-refractivity contribution in [1.29, 1.82) is 0 Å². The van der Waals surface area contributed by atoms with E-state index in [1.54, 1.807) is 6.07 Å². The second kappa shape index (κ2) is 6.94. The molecule has 1 atom stereocenters. The van der Waals surface area contributed by atoms with Crippen LogP contribution in [0.2, 0.25) is 0 Å². The number of hydrogen-bond donors (Lipinski definition) is 1. The van der Waals surface area contributed by atoms with Crippen molar-refractivity contribution in [3.63, 3.8) is 0 Å². The molecule has 3 rings (SSSR count). The van der Waals surface area contributed by atoms with Crippen molar-refractivity contribution in [3.8, 4) is 0 Å². The van der Waals surface area contributed by atoms with Crippen LogP contribution in [0.5, 0.6) is 0 Å². The number of nitrogens with one attached hydrogen (secondary N) is 1. The first-order valence-electron chi connectivity index (χ1n) is 8.43. The third kappa shape index (κ3) is 4.24. The summed E-state index contributed by atoms with van der Waals surface area (Å²) in [4.78, 5) is 6.78. The Morgan fingerprint density at radius 3 is 2.68 bits per heavy atom. The van der Waals surface area contributed by atoms with E-state index < -0.39 is 11.7 Å². The quantitative estimate of drug-likeness (QED) is 0.870. The highest BCUT2D eigenvalue weighted by molar-refractivity contribution is 5.52. The van der Waals surface area contributed by atoms with Crippen LogP contribution in [-0.2, 0) is 6.18 Å². The number of nitrogens with zero attached hydrogens (tertiary/aromatic N) is 2. The Hall–Kier alpha value is -2.24. The minimum Gasteiger partial charge on any atom is -0.384 e. The zero-order chi connectivity index (χ0) is 18.0. The molecule has 1 saturated heterocycles. The van der Waals surface area contributed by atoms with Crippen molar-refractivity contribution in [2.75, 3.05) is 29.9 Å². The van der Waals surface area contributed by atoms with Gasteiger partial charge in [0, 0.05) is 31.0 Å². The number of aryl methyl sites for hydroxylation is 2. The first-order valence-corrected chi connectivity index (χ1v) is 8.43. The summed E-state index contributed by atoms with van der Waals surface area (Å²) < 4.78 is 39.2. The van der Waals surface area contributed by atoms with Crippen molar-refractivity contribution >= 4 is 11.5 Å². The summed E-state index contributed by atoms with van der Waals surface area (Å²) in [5, 5.41) is 2.99. The van der Waals surface area contributed by atoms with Gasteiger partial charge in [0.1, 0.15) is 5.82 Å². The lowest BCUT2D eigenvalue weighted by Crippen LogP contribution is -2.24. The van der Waals surface area contributed by atoms with E-state index in [0.717, 1.165) is 37.1 Å². The Labute approximate surface area is 145 Å². The van der Waals surface area contributed by atoms with Gasteiger partial charge < -0.3 is 10.2 Å². The van der Waals surface area contributed by atoms with E-state index in [4.69, 9.17) is 0 Å². The Balaban J connectivity index is 1.63. The zero-order valence-corrected chi connectivity index (χ0v) is 14.4. The van der Waals surface area contributed by atoms with Crippen LogP contribution >= 0.6 is 0 Å². The Morgan fingerprint density at radius 1 is 1.20 bits per heavy atom. The van der Waals surface area contributed by atoms with Gasteiger partial charge in [-0.05, 0) is 56.0 Å². The second-order valence-electron chi connectivity index (χ2n) is 6.67. The van der Waals surface area contributed by atoms with Crippen molar-refractivity contribution < 1.29 is 13.2 Å². The number of para-hydroxylation sites is 1. The fourth-order valence-corrected chi connectivity index (χ4v) is 3.33. The van der Waals surface area contributed by atoms with Crippen molar-refractivity contribution in [2.24, 2.45) is 5.92 Å². The number of pyridine rings is 1. The largest absolute Gasteiger partial charge is 0.418 e. The molecule has 0 bridgehead atoms. The molecule has 2 heterocycles. The van der Waals surface area contributed by atoms with Gasteiger partial charge in [0.15, 0.2) is 0 Å². The fourth-order valence-electron chi connectivity index (χ4n) is 3.33. The van der Waals surface area contributed by atoms with Gasteiger partial charge in [-0.3, -0.25) is 0 Å². The molecule has 1 aromatic heterocycles. The van der Waals surface area contributed by atoms with Gasteiger partial charge in [-0.15, -0.1) is 0 Å². The number of hydrogen-bond acceptors (Lipinski definition) is 3. The standard InChI is InChI=1S/C19H22F3N3/c1-13-9-14(2)24-18(10-13)25-8-7-15(12-25)11-23-17-6-4-3-5-16(17)19(20,21)22/h3-6,9-10,15,23H,7-8,11-12H2,1-2H3. The van der Waals surface area contributed by atoms with Crippen LogP contribution in [0.15, 0.2) is 36.4 Å². The molecule has 1 aliphatic heterocycles. The molecular formula is C19H22F3N3. The predicted octanol–water partition coefficient (Wildman–Crippen LogP) is 4.66. The summed E-state index contributed by atoms with van der Waals surface area (Å²) in [7, 11) is 0. The molecule has 0 amide bonds. The molecule has 1 aromatic carbocycles. The second-order valence-corrected chi connectivity index (χ2v) is 6.67. The molecule has 0 aliphatic carbocycles. The summed E-state index contributed by atoms with van der Waals surface area (Å²) in [5.74, 6) is 1.25.